The average molecular weight is 416 g/mol. The first-order valence-corrected chi connectivity index (χ1v) is 11.8. The zero-order valence-corrected chi connectivity index (χ0v) is 18.7. The topological polar surface area (TPSA) is 71.6 Å². The molecule has 0 aromatic heterocycles. The molecule has 5 rings (SSSR count). The van der Waals surface area contributed by atoms with Crippen molar-refractivity contribution in [1.29, 1.82) is 0 Å². The van der Waals surface area contributed by atoms with E-state index in [9.17, 15) is 4.79 Å². The Kier molecular flexibility index (Phi) is 5.23. The first-order chi connectivity index (χ1) is 14.5. The van der Waals surface area contributed by atoms with Gasteiger partial charge in [-0.25, -0.2) is 0 Å². The number of carbonyl (C=O) groups is 1. The van der Waals surface area contributed by atoms with Crippen molar-refractivity contribution in [2.75, 3.05) is 20.2 Å². The van der Waals surface area contributed by atoms with E-state index in [2.05, 4.69) is 36.2 Å². The molecule has 0 amide bonds. The van der Waals surface area contributed by atoms with Crippen LogP contribution in [0.3, 0.4) is 0 Å². The van der Waals surface area contributed by atoms with Gasteiger partial charge >= 0.3 is 0 Å². The second-order valence-electron chi connectivity index (χ2n) is 10.6. The maximum Gasteiger partial charge on any atom is 0.139 e. The number of hydrogen-bond acceptors (Lipinski definition) is 6. The van der Waals surface area contributed by atoms with Gasteiger partial charge in [-0.1, -0.05) is 13.8 Å². The zero-order valence-electron chi connectivity index (χ0n) is 18.7. The molecule has 2 saturated carbocycles. The van der Waals surface area contributed by atoms with E-state index in [1.54, 1.807) is 7.11 Å². The molecule has 4 aliphatic carbocycles. The Morgan fingerprint density at radius 2 is 1.90 bits per heavy atom. The maximum atomic E-state index is 12.7. The van der Waals surface area contributed by atoms with Crippen LogP contribution in [0.2, 0.25) is 0 Å². The van der Waals surface area contributed by atoms with E-state index in [0.717, 1.165) is 64.5 Å². The minimum Gasteiger partial charge on any atom is -0.314 e. The molecule has 0 aromatic rings. The normalized spacial score (nSPS) is 43.0. The van der Waals surface area contributed by atoms with Crippen molar-refractivity contribution in [2.24, 2.45) is 28.6 Å². The summed E-state index contributed by atoms with van der Waals surface area (Å²) < 4.78 is 0. The summed E-state index contributed by atoms with van der Waals surface area (Å²) in [6.45, 7) is 6.64. The second kappa shape index (κ2) is 7.64. The van der Waals surface area contributed by atoms with Crippen molar-refractivity contribution in [1.82, 2.24) is 16.3 Å². The molecule has 5 aliphatic rings. The van der Waals surface area contributed by atoms with Crippen molar-refractivity contribution in [3.8, 4) is 0 Å². The summed E-state index contributed by atoms with van der Waals surface area (Å²) in [7, 11) is 1.70. The van der Waals surface area contributed by atoms with Crippen molar-refractivity contribution < 1.29 is 14.5 Å². The van der Waals surface area contributed by atoms with Gasteiger partial charge in [0.2, 0.25) is 0 Å². The molecule has 6 heteroatoms. The van der Waals surface area contributed by atoms with Gasteiger partial charge in [-0.15, -0.1) is 0 Å². The van der Waals surface area contributed by atoms with Gasteiger partial charge in [0.15, 0.2) is 0 Å². The number of ketones is 1. The molecule has 1 aliphatic heterocycles. The number of hydroxylamine groups is 2. The van der Waals surface area contributed by atoms with Gasteiger partial charge < -0.3 is 5.32 Å². The highest BCUT2D eigenvalue weighted by molar-refractivity contribution is 5.87. The van der Waals surface area contributed by atoms with Crippen LogP contribution in [-0.2, 0) is 14.5 Å². The predicted octanol–water partition coefficient (Wildman–Crippen LogP) is 3.37. The van der Waals surface area contributed by atoms with Gasteiger partial charge in [-0.2, -0.15) is 0 Å². The maximum absolute atomic E-state index is 12.7. The largest absolute Gasteiger partial charge is 0.314 e. The van der Waals surface area contributed by atoms with Gasteiger partial charge in [0.25, 0.3) is 0 Å². The first-order valence-electron chi connectivity index (χ1n) is 11.8. The van der Waals surface area contributed by atoms with Gasteiger partial charge in [0.1, 0.15) is 5.78 Å². The lowest BCUT2D eigenvalue weighted by molar-refractivity contribution is -0.131. The van der Waals surface area contributed by atoms with Crippen LogP contribution in [0, 0.1) is 28.6 Å². The first kappa shape index (κ1) is 20.5. The van der Waals surface area contributed by atoms with Crippen molar-refractivity contribution in [3.05, 3.63) is 23.0 Å². The standard InChI is InChI=1S/C24H37N3O3/c1-23-9-6-15(26-30-16-8-11-25-14-16)12-20(23)21(27-29-3)13-17-18-4-5-22(28)24(18,2)10-7-19(17)23/h12,16-19,25-27H,4-11,13-14H2,1-3H3/t16-,17-,18-,19-,23+,24-/m0/s1. The number of carbonyl (C=O) groups excluding carboxylic acids is 1. The Morgan fingerprint density at radius 1 is 1.07 bits per heavy atom. The number of Topliss-reactive ketones (excluding diaryl/α,β-unsaturated/α-hetero) is 1. The van der Waals surface area contributed by atoms with Crippen LogP contribution in [0.4, 0.5) is 0 Å². The van der Waals surface area contributed by atoms with Crippen molar-refractivity contribution in [3.63, 3.8) is 0 Å². The molecule has 1 heterocycles. The van der Waals surface area contributed by atoms with Crippen LogP contribution >= 0.6 is 0 Å². The number of nitrogens with one attached hydrogen (secondary N) is 3. The van der Waals surface area contributed by atoms with E-state index in [0.29, 0.717) is 23.5 Å². The van der Waals surface area contributed by atoms with Gasteiger partial charge in [-0.3, -0.25) is 25.4 Å². The summed E-state index contributed by atoms with van der Waals surface area (Å²) in [4.78, 5) is 24.1. The molecule has 30 heavy (non-hydrogen) atoms. The second-order valence-corrected chi connectivity index (χ2v) is 10.6. The Morgan fingerprint density at radius 3 is 2.67 bits per heavy atom. The number of rotatable bonds is 5. The van der Waals surface area contributed by atoms with Crippen molar-refractivity contribution >= 4 is 5.78 Å². The van der Waals surface area contributed by atoms with Crippen LogP contribution in [0.1, 0.15) is 65.2 Å². The summed E-state index contributed by atoms with van der Waals surface area (Å²) in [5.41, 5.74) is 10.3. The molecule has 6 atom stereocenters. The molecule has 3 N–H and O–H groups in total. The third-order valence-electron chi connectivity index (χ3n) is 9.17. The van der Waals surface area contributed by atoms with Gasteiger partial charge in [0.05, 0.1) is 13.2 Å². The Balaban J connectivity index is 1.44. The zero-order chi connectivity index (χ0) is 20.9. The van der Waals surface area contributed by atoms with Crippen molar-refractivity contribution in [2.45, 2.75) is 71.3 Å². The fourth-order valence-electron chi connectivity index (χ4n) is 7.43. The Labute approximate surface area is 180 Å². The van der Waals surface area contributed by atoms with Crippen LogP contribution in [0.25, 0.3) is 0 Å². The Bertz CT molecular complexity index is 772. The summed E-state index contributed by atoms with van der Waals surface area (Å²) in [6, 6.07) is 0. The third-order valence-corrected chi connectivity index (χ3v) is 9.17. The average Bonchev–Trinajstić information content (AvgIpc) is 3.35. The minimum atomic E-state index is -0.104. The fourth-order valence-corrected chi connectivity index (χ4v) is 7.43. The smallest absolute Gasteiger partial charge is 0.139 e. The van der Waals surface area contributed by atoms with Crippen LogP contribution < -0.4 is 16.3 Å². The van der Waals surface area contributed by atoms with Crippen LogP contribution in [0.5, 0.6) is 0 Å². The molecule has 1 saturated heterocycles. The van der Waals surface area contributed by atoms with E-state index in [1.807, 2.05) is 0 Å². The molecule has 0 unspecified atom stereocenters. The molecule has 166 valence electrons. The molecular formula is C24H37N3O3. The quantitative estimate of drug-likeness (QED) is 0.598. The molecule has 0 radical (unpaired) electrons. The molecule has 3 fully saturated rings. The summed E-state index contributed by atoms with van der Waals surface area (Å²) in [5.74, 6) is 2.21. The van der Waals surface area contributed by atoms with Gasteiger partial charge in [0, 0.05) is 29.8 Å². The lowest BCUT2D eigenvalue weighted by Gasteiger charge is -2.56. The molecule has 0 bridgehead atoms. The number of fused-ring (bicyclic) bond motifs is 5. The highest BCUT2D eigenvalue weighted by atomic mass is 16.7. The van der Waals surface area contributed by atoms with Crippen LogP contribution in [0.15, 0.2) is 23.0 Å². The molecule has 0 aromatic carbocycles. The summed E-state index contributed by atoms with van der Waals surface area (Å²) >= 11 is 0. The highest BCUT2D eigenvalue weighted by Gasteiger charge is 2.59. The lowest BCUT2D eigenvalue weighted by Crippen LogP contribution is -2.51. The van der Waals surface area contributed by atoms with E-state index in [1.165, 1.54) is 17.0 Å². The number of hydrogen-bond donors (Lipinski definition) is 3. The molecule has 6 nitrogen and oxygen atoms in total. The molecule has 0 spiro atoms. The van der Waals surface area contributed by atoms with E-state index >= 15 is 0 Å². The minimum absolute atomic E-state index is 0.104. The third kappa shape index (κ3) is 3.14. The van der Waals surface area contributed by atoms with E-state index < -0.39 is 0 Å². The van der Waals surface area contributed by atoms with E-state index in [4.69, 9.17) is 9.68 Å². The predicted molar refractivity (Wildman–Crippen MR) is 115 cm³/mol. The lowest BCUT2D eigenvalue weighted by atomic mass is 9.48. The fraction of sp³-hybridized carbons (Fsp3) is 0.792. The number of allylic oxidation sites excluding steroid dienone is 4. The Hall–Kier alpha value is -1.37. The summed E-state index contributed by atoms with van der Waals surface area (Å²) in [6.07, 6.45) is 10.8. The van der Waals surface area contributed by atoms with Gasteiger partial charge in [-0.05, 0) is 86.3 Å². The van der Waals surface area contributed by atoms with E-state index in [-0.39, 0.29) is 16.9 Å². The monoisotopic (exact) mass is 415 g/mol. The molecular weight excluding hydrogens is 378 g/mol. The summed E-state index contributed by atoms with van der Waals surface area (Å²) in [5, 5.41) is 3.35. The van der Waals surface area contributed by atoms with Crippen LogP contribution in [-0.4, -0.2) is 32.1 Å². The highest BCUT2D eigenvalue weighted by Crippen LogP contribution is 2.64. The SMILES string of the molecule is CONC1=C2C=C(NO[C@H]3CCNC3)CC[C@]2(C)[C@H]2CC[C@]3(C)C(=O)CC[C@H]3[C@@H]2C1.